The fraction of sp³-hybridized carbons (Fsp3) is 0.333. The summed E-state index contributed by atoms with van der Waals surface area (Å²) in [6.45, 7) is 2.09. The molecule has 0 unspecified atom stereocenters. The van der Waals surface area contributed by atoms with Crippen molar-refractivity contribution >= 4 is 11.8 Å². The second kappa shape index (κ2) is 5.33. The maximum absolute atomic E-state index is 6.11. The van der Waals surface area contributed by atoms with Crippen molar-refractivity contribution in [2.75, 3.05) is 0 Å². The van der Waals surface area contributed by atoms with Crippen molar-refractivity contribution < 1.29 is 0 Å². The SMILES string of the molecule is CC[C@@H](N)c1ccccc1Sc1ncnn1C. The summed E-state index contributed by atoms with van der Waals surface area (Å²) in [6, 6.07) is 8.26. The number of nitrogens with zero attached hydrogens (tertiary/aromatic N) is 3. The number of hydrogen-bond donors (Lipinski definition) is 1. The lowest BCUT2D eigenvalue weighted by Gasteiger charge is -2.13. The smallest absolute Gasteiger partial charge is 0.190 e. The third-order valence-electron chi connectivity index (χ3n) is 2.63. The summed E-state index contributed by atoms with van der Waals surface area (Å²) < 4.78 is 1.76. The summed E-state index contributed by atoms with van der Waals surface area (Å²) >= 11 is 1.60. The first-order valence-corrected chi connectivity index (χ1v) is 6.40. The van der Waals surface area contributed by atoms with E-state index >= 15 is 0 Å². The molecule has 0 spiro atoms. The van der Waals surface area contributed by atoms with E-state index in [1.165, 1.54) is 5.56 Å². The molecule has 0 aliphatic heterocycles. The van der Waals surface area contributed by atoms with Crippen LogP contribution in [0.15, 0.2) is 40.6 Å². The Morgan fingerprint density at radius 3 is 2.82 bits per heavy atom. The minimum absolute atomic E-state index is 0.0759. The second-order valence-corrected chi connectivity index (χ2v) is 4.83. The topological polar surface area (TPSA) is 56.7 Å². The molecule has 4 nitrogen and oxygen atoms in total. The van der Waals surface area contributed by atoms with Gasteiger partial charge in [0.05, 0.1) is 0 Å². The molecule has 1 heterocycles. The van der Waals surface area contributed by atoms with E-state index in [4.69, 9.17) is 5.73 Å². The molecule has 17 heavy (non-hydrogen) atoms. The van der Waals surface area contributed by atoms with Gasteiger partial charge in [-0.2, -0.15) is 5.10 Å². The molecule has 1 aromatic carbocycles. The van der Waals surface area contributed by atoms with Gasteiger partial charge in [0.15, 0.2) is 5.16 Å². The van der Waals surface area contributed by atoms with Crippen molar-refractivity contribution in [2.45, 2.75) is 29.4 Å². The van der Waals surface area contributed by atoms with Crippen LogP contribution in [0.1, 0.15) is 24.9 Å². The van der Waals surface area contributed by atoms with Crippen LogP contribution in [0.5, 0.6) is 0 Å². The Balaban J connectivity index is 2.30. The normalized spacial score (nSPS) is 12.6. The molecule has 0 aliphatic carbocycles. The number of rotatable bonds is 4. The molecular formula is C12H16N4S. The van der Waals surface area contributed by atoms with Gasteiger partial charge in [-0.25, -0.2) is 9.67 Å². The molecule has 1 aromatic heterocycles. The van der Waals surface area contributed by atoms with Crippen molar-refractivity contribution in [1.82, 2.24) is 14.8 Å². The molecule has 0 bridgehead atoms. The zero-order valence-corrected chi connectivity index (χ0v) is 10.8. The Kier molecular flexibility index (Phi) is 3.81. The van der Waals surface area contributed by atoms with Crippen LogP contribution in [0, 0.1) is 0 Å². The number of aromatic nitrogens is 3. The first kappa shape index (κ1) is 12.1. The van der Waals surface area contributed by atoms with Crippen LogP contribution in [0.25, 0.3) is 0 Å². The van der Waals surface area contributed by atoms with Crippen LogP contribution >= 0.6 is 11.8 Å². The average molecular weight is 248 g/mol. The molecule has 0 radical (unpaired) electrons. The Bertz CT molecular complexity index is 495. The summed E-state index contributed by atoms with van der Waals surface area (Å²) in [5.41, 5.74) is 7.28. The average Bonchev–Trinajstić information content (AvgIpc) is 2.75. The molecular weight excluding hydrogens is 232 g/mol. The van der Waals surface area contributed by atoms with Gasteiger partial charge in [0, 0.05) is 18.0 Å². The van der Waals surface area contributed by atoms with Gasteiger partial charge in [-0.3, -0.25) is 0 Å². The fourth-order valence-corrected chi connectivity index (χ4v) is 2.54. The Hall–Kier alpha value is -1.33. The number of nitrogens with two attached hydrogens (primary N) is 1. The van der Waals surface area contributed by atoms with E-state index in [1.807, 2.05) is 19.2 Å². The van der Waals surface area contributed by atoms with Gasteiger partial charge in [0.2, 0.25) is 0 Å². The first-order valence-electron chi connectivity index (χ1n) is 5.58. The van der Waals surface area contributed by atoms with Crippen molar-refractivity contribution in [1.29, 1.82) is 0 Å². The molecule has 5 heteroatoms. The van der Waals surface area contributed by atoms with Gasteiger partial charge >= 0.3 is 0 Å². The Morgan fingerprint density at radius 1 is 1.41 bits per heavy atom. The largest absolute Gasteiger partial charge is 0.324 e. The van der Waals surface area contributed by atoms with Crippen LogP contribution in [-0.2, 0) is 7.05 Å². The van der Waals surface area contributed by atoms with Crippen LogP contribution in [-0.4, -0.2) is 14.8 Å². The fourth-order valence-electron chi connectivity index (χ4n) is 1.58. The summed E-state index contributed by atoms with van der Waals surface area (Å²) in [6.07, 6.45) is 2.49. The zero-order chi connectivity index (χ0) is 12.3. The van der Waals surface area contributed by atoms with Crippen molar-refractivity contribution in [3.63, 3.8) is 0 Å². The highest BCUT2D eigenvalue weighted by atomic mass is 32.2. The van der Waals surface area contributed by atoms with Gasteiger partial charge in [-0.1, -0.05) is 25.1 Å². The van der Waals surface area contributed by atoms with E-state index < -0.39 is 0 Å². The first-order chi connectivity index (χ1) is 8.22. The van der Waals surface area contributed by atoms with E-state index in [1.54, 1.807) is 22.8 Å². The van der Waals surface area contributed by atoms with Crippen molar-refractivity contribution in [3.05, 3.63) is 36.2 Å². The third-order valence-corrected chi connectivity index (χ3v) is 3.77. The van der Waals surface area contributed by atoms with E-state index in [-0.39, 0.29) is 6.04 Å². The quantitative estimate of drug-likeness (QED) is 0.902. The number of hydrogen-bond acceptors (Lipinski definition) is 4. The predicted molar refractivity (Wildman–Crippen MR) is 68.8 cm³/mol. The highest BCUT2D eigenvalue weighted by Gasteiger charge is 2.11. The Morgan fingerprint density at radius 2 is 2.18 bits per heavy atom. The van der Waals surface area contributed by atoms with Crippen LogP contribution in [0.4, 0.5) is 0 Å². The summed E-state index contributed by atoms with van der Waals surface area (Å²) in [7, 11) is 1.89. The van der Waals surface area contributed by atoms with Crippen LogP contribution in [0.2, 0.25) is 0 Å². The highest BCUT2D eigenvalue weighted by Crippen LogP contribution is 2.31. The number of benzene rings is 1. The molecule has 0 saturated carbocycles. The third kappa shape index (κ3) is 2.68. The summed E-state index contributed by atoms with van der Waals surface area (Å²) in [4.78, 5) is 5.36. The molecule has 0 amide bonds. The lowest BCUT2D eigenvalue weighted by atomic mass is 10.1. The molecule has 1 atom stereocenters. The van der Waals surface area contributed by atoms with Crippen LogP contribution in [0.3, 0.4) is 0 Å². The second-order valence-electron chi connectivity index (χ2n) is 3.82. The van der Waals surface area contributed by atoms with E-state index in [2.05, 4.69) is 29.1 Å². The summed E-state index contributed by atoms with van der Waals surface area (Å²) in [5, 5.41) is 4.94. The maximum Gasteiger partial charge on any atom is 0.190 e. The molecule has 90 valence electrons. The lowest BCUT2D eigenvalue weighted by molar-refractivity contribution is 0.677. The van der Waals surface area contributed by atoms with E-state index in [0.29, 0.717) is 0 Å². The van der Waals surface area contributed by atoms with Crippen molar-refractivity contribution in [3.8, 4) is 0 Å². The Labute approximate surface area is 105 Å². The maximum atomic E-state index is 6.11. The minimum Gasteiger partial charge on any atom is -0.324 e. The van der Waals surface area contributed by atoms with Gasteiger partial charge in [-0.15, -0.1) is 0 Å². The molecule has 0 saturated heterocycles. The standard InChI is InChI=1S/C12H16N4S/c1-3-10(13)9-6-4-5-7-11(9)17-12-14-8-15-16(12)2/h4-8,10H,3,13H2,1-2H3/t10-/m1/s1. The van der Waals surface area contributed by atoms with Gasteiger partial charge in [0.25, 0.3) is 0 Å². The molecule has 2 N–H and O–H groups in total. The molecule has 2 rings (SSSR count). The van der Waals surface area contributed by atoms with Gasteiger partial charge in [0.1, 0.15) is 6.33 Å². The summed E-state index contributed by atoms with van der Waals surface area (Å²) in [5.74, 6) is 0. The monoisotopic (exact) mass is 248 g/mol. The zero-order valence-electron chi connectivity index (χ0n) is 10.00. The molecule has 0 aliphatic rings. The van der Waals surface area contributed by atoms with E-state index in [9.17, 15) is 0 Å². The van der Waals surface area contributed by atoms with E-state index in [0.717, 1.165) is 16.5 Å². The van der Waals surface area contributed by atoms with Gasteiger partial charge < -0.3 is 5.73 Å². The van der Waals surface area contributed by atoms with Crippen LogP contribution < -0.4 is 5.73 Å². The molecule has 0 fully saturated rings. The highest BCUT2D eigenvalue weighted by molar-refractivity contribution is 7.99. The van der Waals surface area contributed by atoms with Gasteiger partial charge in [-0.05, 0) is 29.8 Å². The predicted octanol–water partition coefficient (Wildman–Crippen LogP) is 2.38. The van der Waals surface area contributed by atoms with Crippen molar-refractivity contribution in [2.24, 2.45) is 12.8 Å². The number of aryl methyl sites for hydroxylation is 1. The minimum atomic E-state index is 0.0759. The molecule has 2 aromatic rings. The lowest BCUT2D eigenvalue weighted by Crippen LogP contribution is -2.09.